The Kier molecular flexibility index (Phi) is 3.26. The van der Waals surface area contributed by atoms with Crippen molar-refractivity contribution in [2.24, 2.45) is 5.16 Å². The van der Waals surface area contributed by atoms with Crippen LogP contribution in [0.2, 0.25) is 0 Å². The third-order valence-electron chi connectivity index (χ3n) is 2.59. The Morgan fingerprint density at radius 3 is 3.00 bits per heavy atom. The van der Waals surface area contributed by atoms with E-state index in [1.807, 2.05) is 0 Å². The van der Waals surface area contributed by atoms with Gasteiger partial charge in [-0.3, -0.25) is 9.89 Å². The number of carboxylic acids is 1. The summed E-state index contributed by atoms with van der Waals surface area (Å²) in [5, 5.41) is 21.1. The molecule has 0 aliphatic carbocycles. The quantitative estimate of drug-likeness (QED) is 0.687. The minimum Gasteiger partial charge on any atom is -0.477 e. The van der Waals surface area contributed by atoms with Crippen LogP contribution in [0.4, 0.5) is 0 Å². The van der Waals surface area contributed by atoms with Gasteiger partial charge in [-0.15, -0.1) is 0 Å². The molecule has 2 unspecified atom stereocenters. The minimum atomic E-state index is -1.17. The second-order valence-electron chi connectivity index (χ2n) is 3.90. The molecule has 0 fully saturated rings. The van der Waals surface area contributed by atoms with Crippen molar-refractivity contribution >= 4 is 17.6 Å². The topological polar surface area (TPSA) is 117 Å². The molecule has 0 saturated carbocycles. The van der Waals surface area contributed by atoms with Gasteiger partial charge in [-0.25, -0.2) is 4.79 Å². The number of amides is 1. The number of oxime groups is 1. The average molecular weight is 252 g/mol. The smallest absolute Gasteiger partial charge is 0.353 e. The highest BCUT2D eigenvalue weighted by Gasteiger charge is 2.32. The number of aromatic amines is 1. The average Bonchev–Trinajstić information content (AvgIpc) is 3.00. The molecule has 0 radical (unpaired) electrons. The van der Waals surface area contributed by atoms with E-state index in [-0.39, 0.29) is 18.2 Å². The predicted molar refractivity (Wildman–Crippen MR) is 59.7 cm³/mol. The summed E-state index contributed by atoms with van der Waals surface area (Å²) in [5.74, 6) is -1.57. The minimum absolute atomic E-state index is 0.0285. The van der Waals surface area contributed by atoms with Gasteiger partial charge in [0.25, 0.3) is 5.91 Å². The SMILES string of the molecule is CC(NC(=O)C1CC(C(=O)O)=NO1)c1cn[nH]c1. The van der Waals surface area contributed by atoms with Crippen LogP contribution in [-0.2, 0) is 14.4 Å². The summed E-state index contributed by atoms with van der Waals surface area (Å²) in [7, 11) is 0. The number of aliphatic carboxylic acids is 1. The molecule has 96 valence electrons. The van der Waals surface area contributed by atoms with Crippen LogP contribution in [0.3, 0.4) is 0 Å². The molecular weight excluding hydrogens is 240 g/mol. The molecule has 1 aliphatic heterocycles. The molecule has 0 spiro atoms. The summed E-state index contributed by atoms with van der Waals surface area (Å²) in [6.07, 6.45) is 2.35. The van der Waals surface area contributed by atoms with Crippen LogP contribution in [0, 0.1) is 0 Å². The summed E-state index contributed by atoms with van der Waals surface area (Å²) in [5.41, 5.74) is 0.673. The van der Waals surface area contributed by atoms with Crippen LogP contribution in [0.15, 0.2) is 17.5 Å². The number of rotatable bonds is 4. The number of nitrogens with zero attached hydrogens (tertiary/aromatic N) is 2. The van der Waals surface area contributed by atoms with Gasteiger partial charge in [0, 0.05) is 18.2 Å². The van der Waals surface area contributed by atoms with Crippen molar-refractivity contribution in [3.8, 4) is 0 Å². The second kappa shape index (κ2) is 4.86. The van der Waals surface area contributed by atoms with E-state index in [4.69, 9.17) is 9.94 Å². The summed E-state index contributed by atoms with van der Waals surface area (Å²) in [6.45, 7) is 1.79. The van der Waals surface area contributed by atoms with E-state index in [9.17, 15) is 9.59 Å². The molecule has 1 aromatic rings. The van der Waals surface area contributed by atoms with Gasteiger partial charge in [0.05, 0.1) is 12.2 Å². The zero-order chi connectivity index (χ0) is 13.1. The van der Waals surface area contributed by atoms with E-state index in [2.05, 4.69) is 20.7 Å². The van der Waals surface area contributed by atoms with E-state index in [1.165, 1.54) is 0 Å². The fraction of sp³-hybridized carbons (Fsp3) is 0.400. The largest absolute Gasteiger partial charge is 0.477 e. The summed E-state index contributed by atoms with van der Waals surface area (Å²) in [6, 6.07) is -0.242. The molecule has 1 aromatic heterocycles. The molecule has 2 atom stereocenters. The Balaban J connectivity index is 1.89. The number of nitrogens with one attached hydrogen (secondary N) is 2. The third-order valence-corrected chi connectivity index (χ3v) is 2.59. The first-order valence-corrected chi connectivity index (χ1v) is 5.33. The Morgan fingerprint density at radius 2 is 2.44 bits per heavy atom. The molecule has 2 heterocycles. The van der Waals surface area contributed by atoms with Crippen LogP contribution < -0.4 is 5.32 Å². The molecule has 0 bridgehead atoms. The lowest BCUT2D eigenvalue weighted by molar-refractivity contribution is -0.132. The third kappa shape index (κ3) is 2.47. The zero-order valence-corrected chi connectivity index (χ0v) is 9.58. The van der Waals surface area contributed by atoms with Gasteiger partial charge in [-0.1, -0.05) is 5.16 Å². The number of hydrogen-bond donors (Lipinski definition) is 3. The lowest BCUT2D eigenvalue weighted by Gasteiger charge is -2.14. The molecule has 3 N–H and O–H groups in total. The van der Waals surface area contributed by atoms with Crippen molar-refractivity contribution in [1.29, 1.82) is 0 Å². The number of aromatic nitrogens is 2. The molecule has 1 amide bonds. The molecule has 18 heavy (non-hydrogen) atoms. The van der Waals surface area contributed by atoms with Crippen molar-refractivity contribution in [3.05, 3.63) is 18.0 Å². The van der Waals surface area contributed by atoms with Crippen LogP contribution in [0.1, 0.15) is 24.9 Å². The fourth-order valence-electron chi connectivity index (χ4n) is 1.53. The Bertz CT molecular complexity index is 482. The van der Waals surface area contributed by atoms with Gasteiger partial charge < -0.3 is 15.3 Å². The van der Waals surface area contributed by atoms with Gasteiger partial charge in [0.1, 0.15) is 0 Å². The van der Waals surface area contributed by atoms with E-state index < -0.39 is 18.0 Å². The molecule has 0 aromatic carbocycles. The predicted octanol–water partition coefficient (Wildman–Crippen LogP) is -0.184. The second-order valence-corrected chi connectivity index (χ2v) is 3.90. The summed E-state index contributed by atoms with van der Waals surface area (Å²) in [4.78, 5) is 27.2. The first-order valence-electron chi connectivity index (χ1n) is 5.33. The standard InChI is InChI=1S/C10H12N4O4/c1-5(6-3-11-12-4-6)13-9(15)8-2-7(10(16)17)14-18-8/h3-5,8H,2H2,1H3,(H,11,12)(H,13,15)(H,16,17). The van der Waals surface area contributed by atoms with Gasteiger partial charge in [0.15, 0.2) is 5.71 Å². The van der Waals surface area contributed by atoms with Gasteiger partial charge >= 0.3 is 5.97 Å². The number of H-pyrrole nitrogens is 1. The normalized spacial score (nSPS) is 19.8. The van der Waals surface area contributed by atoms with Crippen molar-refractivity contribution in [2.75, 3.05) is 0 Å². The van der Waals surface area contributed by atoms with Crippen molar-refractivity contribution in [3.63, 3.8) is 0 Å². The van der Waals surface area contributed by atoms with Gasteiger partial charge in [-0.05, 0) is 6.92 Å². The number of carbonyl (C=O) groups excluding carboxylic acids is 1. The monoisotopic (exact) mass is 252 g/mol. The first-order chi connectivity index (χ1) is 8.58. The Morgan fingerprint density at radius 1 is 1.67 bits per heavy atom. The highest BCUT2D eigenvalue weighted by Crippen LogP contribution is 2.14. The van der Waals surface area contributed by atoms with Crippen LogP contribution >= 0.6 is 0 Å². The van der Waals surface area contributed by atoms with Crippen LogP contribution in [0.25, 0.3) is 0 Å². The Hall–Kier alpha value is -2.38. The number of hydrogen-bond acceptors (Lipinski definition) is 5. The van der Waals surface area contributed by atoms with Crippen molar-refractivity contribution in [2.45, 2.75) is 25.5 Å². The van der Waals surface area contributed by atoms with E-state index in [0.29, 0.717) is 0 Å². The highest BCUT2D eigenvalue weighted by atomic mass is 16.6. The lowest BCUT2D eigenvalue weighted by Crippen LogP contribution is -2.36. The van der Waals surface area contributed by atoms with E-state index in [0.717, 1.165) is 5.56 Å². The lowest BCUT2D eigenvalue weighted by atomic mass is 10.1. The molecule has 0 saturated heterocycles. The maximum absolute atomic E-state index is 11.8. The molecule has 2 rings (SSSR count). The first kappa shape index (κ1) is 12.1. The van der Waals surface area contributed by atoms with Gasteiger partial charge in [-0.2, -0.15) is 5.10 Å². The summed E-state index contributed by atoms with van der Waals surface area (Å²) < 4.78 is 0. The number of carboxylic acid groups (broad SMARTS) is 1. The van der Waals surface area contributed by atoms with Crippen molar-refractivity contribution in [1.82, 2.24) is 15.5 Å². The van der Waals surface area contributed by atoms with E-state index in [1.54, 1.807) is 19.3 Å². The Labute approximate surface area is 102 Å². The van der Waals surface area contributed by atoms with Crippen LogP contribution in [-0.4, -0.2) is 39.0 Å². The maximum atomic E-state index is 11.8. The molecule has 1 aliphatic rings. The molecular formula is C10H12N4O4. The fourth-order valence-corrected chi connectivity index (χ4v) is 1.53. The van der Waals surface area contributed by atoms with E-state index >= 15 is 0 Å². The van der Waals surface area contributed by atoms with Crippen LogP contribution in [0.5, 0.6) is 0 Å². The maximum Gasteiger partial charge on any atom is 0.353 e. The zero-order valence-electron chi connectivity index (χ0n) is 9.58. The highest BCUT2D eigenvalue weighted by molar-refractivity contribution is 6.36. The number of carbonyl (C=O) groups is 2. The van der Waals surface area contributed by atoms with Gasteiger partial charge in [0.2, 0.25) is 6.10 Å². The molecule has 8 heteroatoms. The summed E-state index contributed by atoms with van der Waals surface area (Å²) >= 11 is 0. The molecule has 8 nitrogen and oxygen atoms in total. The van der Waals surface area contributed by atoms with Crippen molar-refractivity contribution < 1.29 is 19.5 Å².